The van der Waals surface area contributed by atoms with Crippen LogP contribution in [0.3, 0.4) is 0 Å². The Morgan fingerprint density at radius 3 is 2.22 bits per heavy atom. The summed E-state index contributed by atoms with van der Waals surface area (Å²) in [5, 5.41) is 40.3. The van der Waals surface area contributed by atoms with Gasteiger partial charge in [0.25, 0.3) is 0 Å². The van der Waals surface area contributed by atoms with Gasteiger partial charge in [-0.2, -0.15) is 0 Å². The molecule has 0 unspecified atom stereocenters. The van der Waals surface area contributed by atoms with Crippen molar-refractivity contribution in [1.82, 2.24) is 5.01 Å². The number of carbonyl (C=O) groups excluding carboxylic acids is 1. The number of hydrazine groups is 1. The molecule has 0 saturated carbocycles. The summed E-state index contributed by atoms with van der Waals surface area (Å²) in [4.78, 5) is 39.6. The van der Waals surface area contributed by atoms with Gasteiger partial charge in [-0.3, -0.25) is 29.9 Å². The average Bonchev–Trinajstić information content (AvgIpc) is 2.99. The Morgan fingerprint density at radius 2 is 1.56 bits per heavy atom. The molecule has 4 rings (SSSR count). The Morgan fingerprint density at radius 1 is 0.878 bits per heavy atom. The first-order valence-electron chi connectivity index (χ1n) is 12.5. The zero-order valence-electron chi connectivity index (χ0n) is 21.9. The lowest BCUT2D eigenvalue weighted by molar-refractivity contribution is -0.708. The lowest BCUT2D eigenvalue weighted by Gasteiger charge is -2.21. The van der Waals surface area contributed by atoms with Gasteiger partial charge in [-0.1, -0.05) is 30.3 Å². The Labute approximate surface area is 233 Å². The number of methoxy groups -OCH3 is 1. The van der Waals surface area contributed by atoms with Crippen LogP contribution in [0.4, 0.5) is 11.4 Å². The van der Waals surface area contributed by atoms with Gasteiger partial charge in [-0.05, 0) is 55.2 Å². The number of allylic oxidation sites excluding steroid dienone is 1. The number of nitro benzene ring substituents is 2. The Kier molecular flexibility index (Phi) is 9.04. The number of ketones is 1. The Hall–Kier alpha value is -5.53. The summed E-state index contributed by atoms with van der Waals surface area (Å²) in [5.41, 5.74) is -0.516. The van der Waals surface area contributed by atoms with Gasteiger partial charge in [-0.15, -0.1) is 5.01 Å². The number of nitro groups is 2. The molecule has 0 spiro atoms. The molecule has 0 aromatic heterocycles. The van der Waals surface area contributed by atoms with Crippen molar-refractivity contribution in [3.8, 4) is 23.0 Å². The van der Waals surface area contributed by atoms with Gasteiger partial charge >= 0.3 is 11.4 Å². The average molecular weight is 564 g/mol. The molecule has 0 amide bonds. The van der Waals surface area contributed by atoms with Crippen molar-refractivity contribution in [2.45, 2.75) is 19.3 Å². The standard InChI is InChI=1S/C27H25N5O9/c1-39-21-11-8-19(9-12-21)10-13-25(33)20-6-5-7-22(16-20)40-26-18-27(24(31(36)37)17-23(26)30(34)35)41-28-32(38)29-14-3-2-4-15-29/h5-13,16-18H,2-4,14-15H2,1H3/b13-10+,32-28-. The molecule has 0 bridgehead atoms. The highest BCUT2D eigenvalue weighted by atomic mass is 16.7. The minimum absolute atomic E-state index is 0.0484. The highest BCUT2D eigenvalue weighted by molar-refractivity contribution is 6.07. The molecular formula is C27H25N5O9. The first-order valence-corrected chi connectivity index (χ1v) is 12.5. The molecule has 3 aromatic rings. The maximum Gasteiger partial charge on any atom is 0.321 e. The van der Waals surface area contributed by atoms with E-state index in [1.807, 2.05) is 0 Å². The first kappa shape index (κ1) is 28.5. The van der Waals surface area contributed by atoms with Crippen molar-refractivity contribution >= 4 is 23.2 Å². The van der Waals surface area contributed by atoms with Crippen LogP contribution < -0.4 is 14.3 Å². The van der Waals surface area contributed by atoms with Crippen LogP contribution in [-0.4, -0.2) is 45.8 Å². The highest BCUT2D eigenvalue weighted by Crippen LogP contribution is 2.41. The van der Waals surface area contributed by atoms with Gasteiger partial charge in [-0.25, -0.2) is 0 Å². The number of ether oxygens (including phenoxy) is 2. The third kappa shape index (κ3) is 7.32. The van der Waals surface area contributed by atoms with E-state index < -0.39 is 32.7 Å². The zero-order chi connectivity index (χ0) is 29.4. The minimum atomic E-state index is -0.897. The van der Waals surface area contributed by atoms with Crippen molar-refractivity contribution in [3.05, 3.63) is 103 Å². The molecular weight excluding hydrogens is 538 g/mol. The van der Waals surface area contributed by atoms with Gasteiger partial charge < -0.3 is 14.7 Å². The van der Waals surface area contributed by atoms with Crippen LogP contribution in [0.2, 0.25) is 0 Å². The minimum Gasteiger partial charge on any atom is -0.569 e. The molecule has 0 N–H and O–H groups in total. The number of carbonyl (C=O) groups is 1. The fourth-order valence-corrected chi connectivity index (χ4v) is 3.98. The summed E-state index contributed by atoms with van der Waals surface area (Å²) < 4.78 is 10.8. The molecule has 0 aliphatic carbocycles. The van der Waals surface area contributed by atoms with Gasteiger partial charge in [0.1, 0.15) is 17.6 Å². The summed E-state index contributed by atoms with van der Waals surface area (Å²) in [5.74, 6) is -0.594. The number of hydrogen-bond acceptors (Lipinski definition) is 10. The van der Waals surface area contributed by atoms with Gasteiger partial charge in [0.15, 0.2) is 5.78 Å². The van der Waals surface area contributed by atoms with Crippen LogP contribution >= 0.6 is 0 Å². The van der Waals surface area contributed by atoms with Crippen LogP contribution in [0.5, 0.6) is 23.0 Å². The number of piperidine rings is 1. The van der Waals surface area contributed by atoms with E-state index in [0.29, 0.717) is 24.9 Å². The third-order valence-electron chi connectivity index (χ3n) is 6.11. The highest BCUT2D eigenvalue weighted by Gasteiger charge is 2.29. The largest absolute Gasteiger partial charge is 0.569 e. The predicted octanol–water partition coefficient (Wildman–Crippen LogP) is 5.86. The number of hydrogen-bond donors (Lipinski definition) is 0. The van der Waals surface area contributed by atoms with Crippen molar-refractivity contribution in [1.29, 1.82) is 0 Å². The second-order valence-electron chi connectivity index (χ2n) is 8.84. The van der Waals surface area contributed by atoms with E-state index >= 15 is 0 Å². The van der Waals surface area contributed by atoms with Crippen molar-refractivity contribution in [3.63, 3.8) is 0 Å². The topological polar surface area (TPSA) is 173 Å². The molecule has 1 fully saturated rings. The molecule has 1 aliphatic heterocycles. The lowest BCUT2D eigenvalue weighted by Crippen LogP contribution is -2.35. The number of nitrogens with zero attached hydrogens (tertiary/aromatic N) is 5. The smallest absolute Gasteiger partial charge is 0.321 e. The molecule has 1 saturated heterocycles. The zero-order valence-corrected chi connectivity index (χ0v) is 21.9. The molecule has 14 nitrogen and oxygen atoms in total. The van der Waals surface area contributed by atoms with E-state index in [4.69, 9.17) is 14.3 Å². The number of rotatable bonds is 11. The van der Waals surface area contributed by atoms with E-state index in [1.165, 1.54) is 35.4 Å². The maximum absolute atomic E-state index is 12.8. The normalized spacial score (nSPS) is 13.6. The van der Waals surface area contributed by atoms with Crippen molar-refractivity contribution in [2.24, 2.45) is 5.28 Å². The lowest BCUT2D eigenvalue weighted by atomic mass is 10.1. The van der Waals surface area contributed by atoms with Crippen molar-refractivity contribution < 1.29 is 33.9 Å². The predicted molar refractivity (Wildman–Crippen MR) is 145 cm³/mol. The van der Waals surface area contributed by atoms with Crippen LogP contribution in [0.1, 0.15) is 35.2 Å². The number of benzene rings is 3. The van der Waals surface area contributed by atoms with Crippen LogP contribution in [-0.2, 0) is 0 Å². The monoisotopic (exact) mass is 563 g/mol. The molecule has 0 atom stereocenters. The van der Waals surface area contributed by atoms with Gasteiger partial charge in [0, 0.05) is 11.6 Å². The van der Waals surface area contributed by atoms with E-state index in [2.05, 4.69) is 5.28 Å². The molecule has 14 heteroatoms. The van der Waals surface area contributed by atoms with Gasteiger partial charge in [0.2, 0.25) is 16.8 Å². The fraction of sp³-hybridized carbons (Fsp3) is 0.222. The molecule has 1 heterocycles. The van der Waals surface area contributed by atoms with Crippen molar-refractivity contribution in [2.75, 3.05) is 20.2 Å². The molecule has 0 radical (unpaired) electrons. The second kappa shape index (κ2) is 13.0. The Bertz CT molecular complexity index is 1500. The summed E-state index contributed by atoms with van der Waals surface area (Å²) >= 11 is 0. The van der Waals surface area contributed by atoms with E-state index in [9.17, 15) is 30.2 Å². The molecule has 41 heavy (non-hydrogen) atoms. The SMILES string of the molecule is COc1ccc(/C=C/C(=O)c2cccc(Oc3cc(O/N=[N+](\[O-])N4CCCCC4)c([N+](=O)[O-])cc3[N+](=O)[O-])c2)cc1. The van der Waals surface area contributed by atoms with Crippen LogP contribution in [0, 0.1) is 25.4 Å². The third-order valence-corrected chi connectivity index (χ3v) is 6.11. The second-order valence-corrected chi connectivity index (χ2v) is 8.84. The van der Waals surface area contributed by atoms with E-state index in [0.717, 1.165) is 30.9 Å². The van der Waals surface area contributed by atoms with Crippen LogP contribution in [0.25, 0.3) is 6.08 Å². The van der Waals surface area contributed by atoms with E-state index in [1.54, 1.807) is 37.5 Å². The summed E-state index contributed by atoms with van der Waals surface area (Å²) in [6.45, 7) is 0.884. The molecule has 3 aromatic carbocycles. The fourth-order valence-electron chi connectivity index (χ4n) is 3.98. The quantitative estimate of drug-likeness (QED) is 0.0687. The van der Waals surface area contributed by atoms with E-state index in [-0.39, 0.29) is 22.1 Å². The van der Waals surface area contributed by atoms with Crippen LogP contribution in [0.15, 0.2) is 72.0 Å². The maximum atomic E-state index is 12.8. The summed E-state index contributed by atoms with van der Waals surface area (Å²) in [6.07, 6.45) is 5.50. The molecule has 1 aliphatic rings. The Balaban J connectivity index is 1.58. The summed E-state index contributed by atoms with van der Waals surface area (Å²) in [7, 11) is 1.55. The van der Waals surface area contributed by atoms with Gasteiger partial charge in [0.05, 0.1) is 35.0 Å². The molecule has 212 valence electrons. The first-order chi connectivity index (χ1) is 19.7. The summed E-state index contributed by atoms with van der Waals surface area (Å²) in [6, 6.07) is 14.5.